The number of ether oxygens (including phenoxy) is 3. The molecule has 2 fully saturated rings. The molecule has 0 saturated carbocycles. The van der Waals surface area contributed by atoms with Gasteiger partial charge in [0, 0.05) is 24.8 Å². The number of epoxide rings is 1. The minimum Gasteiger partial charge on any atom is -0.461 e. The van der Waals surface area contributed by atoms with Crippen LogP contribution in [0.1, 0.15) is 47.0 Å². The first-order valence-electron chi connectivity index (χ1n) is 9.24. The molecule has 0 aromatic carbocycles. The molecule has 0 amide bonds. The second-order valence-corrected chi connectivity index (χ2v) is 8.33. The quantitative estimate of drug-likeness (QED) is 0.358. The van der Waals surface area contributed by atoms with Crippen LogP contribution >= 0.6 is 0 Å². The van der Waals surface area contributed by atoms with Crippen LogP contribution in [0.15, 0.2) is 23.8 Å². The fourth-order valence-electron chi connectivity index (χ4n) is 3.90. The van der Waals surface area contributed by atoms with Gasteiger partial charge >= 0.3 is 11.9 Å². The minimum atomic E-state index is -0.657. The molecule has 144 valence electrons. The lowest BCUT2D eigenvalue weighted by Gasteiger charge is -2.29. The molecule has 3 aliphatic rings. The maximum Gasteiger partial charge on any atom is 0.334 e. The third-order valence-corrected chi connectivity index (χ3v) is 5.55. The van der Waals surface area contributed by atoms with Crippen molar-refractivity contribution in [3.63, 3.8) is 0 Å². The van der Waals surface area contributed by atoms with Gasteiger partial charge in [-0.15, -0.1) is 0 Å². The van der Waals surface area contributed by atoms with Gasteiger partial charge in [-0.3, -0.25) is 4.79 Å². The normalized spacial score (nSPS) is 41.6. The van der Waals surface area contributed by atoms with Gasteiger partial charge in [-0.2, -0.15) is 0 Å². The summed E-state index contributed by atoms with van der Waals surface area (Å²) in [7, 11) is 0. The van der Waals surface area contributed by atoms with E-state index in [0.717, 1.165) is 5.57 Å². The zero-order chi connectivity index (χ0) is 19.2. The lowest BCUT2D eigenvalue weighted by molar-refractivity contribution is -0.154. The summed E-state index contributed by atoms with van der Waals surface area (Å²) in [6.45, 7) is 11.5. The molecule has 26 heavy (non-hydrogen) atoms. The number of aliphatic hydroxyl groups is 1. The molecule has 1 N–H and O–H groups in total. The number of hydrogen-bond acceptors (Lipinski definition) is 6. The average Bonchev–Trinajstić information content (AvgIpc) is 3.04. The minimum absolute atomic E-state index is 0.102. The lowest BCUT2D eigenvalue weighted by atomic mass is 9.82. The zero-order valence-corrected chi connectivity index (χ0v) is 15.9. The average molecular weight is 364 g/mol. The highest BCUT2D eigenvalue weighted by molar-refractivity contribution is 5.91. The van der Waals surface area contributed by atoms with Crippen LogP contribution in [-0.2, 0) is 23.8 Å². The van der Waals surface area contributed by atoms with Gasteiger partial charge in [0.2, 0.25) is 0 Å². The summed E-state index contributed by atoms with van der Waals surface area (Å²) >= 11 is 0. The summed E-state index contributed by atoms with van der Waals surface area (Å²) in [5.74, 6) is -1.07. The number of aliphatic hydroxyl groups excluding tert-OH is 1. The van der Waals surface area contributed by atoms with Gasteiger partial charge in [-0.05, 0) is 31.4 Å². The molecule has 3 rings (SSSR count). The summed E-state index contributed by atoms with van der Waals surface area (Å²) in [4.78, 5) is 24.4. The largest absolute Gasteiger partial charge is 0.461 e. The van der Waals surface area contributed by atoms with Gasteiger partial charge in [0.05, 0.1) is 23.7 Å². The first-order valence-corrected chi connectivity index (χ1v) is 9.24. The third-order valence-electron chi connectivity index (χ3n) is 5.55. The molecule has 2 saturated heterocycles. The Morgan fingerprint density at radius 2 is 2.19 bits per heavy atom. The molecule has 0 radical (unpaired) electrons. The van der Waals surface area contributed by atoms with Crippen molar-refractivity contribution < 1.29 is 28.9 Å². The molecular weight excluding hydrogens is 336 g/mol. The van der Waals surface area contributed by atoms with Crippen molar-refractivity contribution >= 4 is 11.9 Å². The summed E-state index contributed by atoms with van der Waals surface area (Å²) in [5, 5.41) is 10.4. The molecule has 6 nitrogen and oxygen atoms in total. The first-order chi connectivity index (χ1) is 12.1. The van der Waals surface area contributed by atoms with Crippen molar-refractivity contribution in [3.05, 3.63) is 23.8 Å². The van der Waals surface area contributed by atoms with Crippen molar-refractivity contribution in [1.29, 1.82) is 0 Å². The van der Waals surface area contributed by atoms with E-state index in [1.54, 1.807) is 13.0 Å². The summed E-state index contributed by atoms with van der Waals surface area (Å²) in [6.07, 6.45) is 1.06. The summed E-state index contributed by atoms with van der Waals surface area (Å²) in [6, 6.07) is 0. The molecule has 2 aliphatic heterocycles. The number of esters is 2. The highest BCUT2D eigenvalue weighted by Crippen LogP contribution is 2.47. The van der Waals surface area contributed by atoms with Gasteiger partial charge in [-0.1, -0.05) is 20.4 Å². The maximum atomic E-state index is 12.3. The van der Waals surface area contributed by atoms with Crippen LogP contribution in [0.2, 0.25) is 0 Å². The van der Waals surface area contributed by atoms with Crippen LogP contribution in [-0.4, -0.2) is 47.1 Å². The second kappa shape index (κ2) is 6.82. The Labute approximate surface area is 154 Å². The number of rotatable bonds is 3. The molecule has 0 spiro atoms. The topological polar surface area (TPSA) is 85.4 Å². The van der Waals surface area contributed by atoms with E-state index in [0.29, 0.717) is 24.8 Å². The van der Waals surface area contributed by atoms with Crippen molar-refractivity contribution in [2.24, 2.45) is 11.8 Å². The Kier molecular flexibility index (Phi) is 5.01. The Bertz CT molecular complexity index is 651. The Morgan fingerprint density at radius 1 is 1.50 bits per heavy atom. The number of fused-ring (bicyclic) bond motifs is 2. The predicted molar refractivity (Wildman–Crippen MR) is 94.1 cm³/mol. The van der Waals surface area contributed by atoms with E-state index >= 15 is 0 Å². The molecule has 1 aliphatic carbocycles. The lowest BCUT2D eigenvalue weighted by Crippen LogP contribution is -2.38. The van der Waals surface area contributed by atoms with Crippen LogP contribution in [0.5, 0.6) is 0 Å². The predicted octanol–water partition coefficient (Wildman–Crippen LogP) is 2.30. The van der Waals surface area contributed by atoms with E-state index in [4.69, 9.17) is 14.2 Å². The monoisotopic (exact) mass is 364 g/mol. The van der Waals surface area contributed by atoms with E-state index in [1.807, 2.05) is 20.8 Å². The Balaban J connectivity index is 1.92. The summed E-state index contributed by atoms with van der Waals surface area (Å²) in [5.41, 5.74) is 0.532. The Hall–Kier alpha value is -1.66. The molecule has 2 heterocycles. The second-order valence-electron chi connectivity index (χ2n) is 8.33. The van der Waals surface area contributed by atoms with E-state index in [9.17, 15) is 14.7 Å². The molecule has 0 aromatic rings. The fraction of sp³-hybridized carbons (Fsp3) is 0.700. The van der Waals surface area contributed by atoms with E-state index in [-0.39, 0.29) is 18.0 Å². The van der Waals surface area contributed by atoms with Gasteiger partial charge < -0.3 is 19.3 Å². The molecule has 0 bridgehead atoms. The maximum absolute atomic E-state index is 12.3. The number of hydrogen-bond donors (Lipinski definition) is 1. The van der Waals surface area contributed by atoms with Crippen LogP contribution in [0.25, 0.3) is 0 Å². The van der Waals surface area contributed by atoms with Gasteiger partial charge in [-0.25, -0.2) is 4.79 Å². The number of carbonyl (C=O) groups is 2. The Morgan fingerprint density at radius 3 is 2.85 bits per heavy atom. The van der Waals surface area contributed by atoms with E-state index in [1.165, 1.54) is 0 Å². The van der Waals surface area contributed by atoms with Crippen LogP contribution in [0.3, 0.4) is 0 Å². The van der Waals surface area contributed by atoms with Crippen molar-refractivity contribution in [2.45, 2.75) is 77.0 Å². The molecule has 6 heteroatoms. The number of carbonyl (C=O) groups excluding carboxylic acids is 2. The molecule has 0 aromatic heterocycles. The summed E-state index contributed by atoms with van der Waals surface area (Å²) < 4.78 is 17.1. The van der Waals surface area contributed by atoms with Crippen LogP contribution in [0, 0.1) is 11.8 Å². The van der Waals surface area contributed by atoms with Gasteiger partial charge in [0.1, 0.15) is 12.2 Å². The molecule has 6 atom stereocenters. The zero-order valence-electron chi connectivity index (χ0n) is 15.9. The van der Waals surface area contributed by atoms with E-state index < -0.39 is 35.8 Å². The van der Waals surface area contributed by atoms with Gasteiger partial charge in [0.15, 0.2) is 0 Å². The van der Waals surface area contributed by atoms with Crippen molar-refractivity contribution in [1.82, 2.24) is 0 Å². The van der Waals surface area contributed by atoms with Gasteiger partial charge in [0.25, 0.3) is 0 Å². The highest BCUT2D eigenvalue weighted by Gasteiger charge is 2.57. The van der Waals surface area contributed by atoms with Crippen molar-refractivity contribution in [2.75, 3.05) is 0 Å². The standard InChI is InChI=1S/C20H28O6/c1-10(2)6-17(22)24-15-9-20(5)16(26-20)8-13(21)11(3)7-14-18(15)12(4)19(23)25-14/h7,10,13-16,18,21H,4,6,8-9H2,1-3,5H3/b11-7-/t13-,14-,15+,16+,18-,20-/m0/s1. The van der Waals surface area contributed by atoms with Crippen molar-refractivity contribution in [3.8, 4) is 0 Å². The fourth-order valence-corrected chi connectivity index (χ4v) is 3.90. The van der Waals surface area contributed by atoms with Crippen LogP contribution in [0.4, 0.5) is 0 Å². The SMILES string of the molecule is C=C1C(=O)O[C@H]2/C=C(/C)[C@@H](O)C[C@H]3O[C@@]3(C)C[C@@H](OC(=O)CC(C)C)[C@@H]12. The first kappa shape index (κ1) is 19.1. The molecular formula is C20H28O6. The highest BCUT2D eigenvalue weighted by atomic mass is 16.6. The smallest absolute Gasteiger partial charge is 0.334 e. The third kappa shape index (κ3) is 3.71. The molecule has 0 unspecified atom stereocenters. The van der Waals surface area contributed by atoms with E-state index in [2.05, 4.69) is 6.58 Å². The van der Waals surface area contributed by atoms with Crippen LogP contribution < -0.4 is 0 Å².